The fourth-order valence-corrected chi connectivity index (χ4v) is 3.45. The Morgan fingerprint density at radius 2 is 1.61 bits per heavy atom. The molecule has 0 N–H and O–H groups in total. The number of nitrogens with zero attached hydrogens (tertiary/aromatic N) is 2. The monoisotopic (exact) mass is 384 g/mol. The number of benzene rings is 2. The van der Waals surface area contributed by atoms with Crippen molar-refractivity contribution < 1.29 is 18.7 Å². The Kier molecular flexibility index (Phi) is 6.29. The molecule has 0 spiro atoms. The number of para-hydroxylation sites is 1. The van der Waals surface area contributed by atoms with Crippen LogP contribution < -0.4 is 4.74 Å². The van der Waals surface area contributed by atoms with Crippen LogP contribution in [-0.2, 0) is 4.79 Å². The summed E-state index contributed by atoms with van der Waals surface area (Å²) in [6, 6.07) is 13.4. The average Bonchev–Trinajstić information content (AvgIpc) is 2.73. The van der Waals surface area contributed by atoms with Gasteiger partial charge in [-0.05, 0) is 35.7 Å². The van der Waals surface area contributed by atoms with Gasteiger partial charge >= 0.3 is 0 Å². The van der Waals surface area contributed by atoms with Crippen LogP contribution in [-0.4, -0.2) is 54.9 Å². The lowest BCUT2D eigenvalue weighted by molar-refractivity contribution is -0.133. The molecule has 28 heavy (non-hydrogen) atoms. The molecular formula is C22H25FN2O3. The Morgan fingerprint density at radius 3 is 2.25 bits per heavy atom. The van der Waals surface area contributed by atoms with Gasteiger partial charge in [0.1, 0.15) is 11.6 Å². The maximum atomic E-state index is 13.1. The number of ether oxygens (including phenoxy) is 1. The summed E-state index contributed by atoms with van der Waals surface area (Å²) in [5.74, 6) is 0.268. The molecule has 6 heteroatoms. The van der Waals surface area contributed by atoms with E-state index in [0.717, 1.165) is 5.56 Å². The van der Waals surface area contributed by atoms with E-state index in [4.69, 9.17) is 4.74 Å². The van der Waals surface area contributed by atoms with Gasteiger partial charge in [0.25, 0.3) is 5.91 Å². The summed E-state index contributed by atoms with van der Waals surface area (Å²) < 4.78 is 18.3. The average molecular weight is 384 g/mol. The normalized spacial score (nSPS) is 15.2. The van der Waals surface area contributed by atoms with Crippen molar-refractivity contribution in [1.29, 1.82) is 0 Å². The Labute approximate surface area is 164 Å². The van der Waals surface area contributed by atoms with E-state index < -0.39 is 0 Å². The summed E-state index contributed by atoms with van der Waals surface area (Å²) in [5, 5.41) is 0. The Morgan fingerprint density at radius 1 is 1.00 bits per heavy atom. The summed E-state index contributed by atoms with van der Waals surface area (Å²) >= 11 is 0. The van der Waals surface area contributed by atoms with E-state index >= 15 is 0 Å². The third-order valence-corrected chi connectivity index (χ3v) is 5.18. The molecule has 1 aliphatic rings. The van der Waals surface area contributed by atoms with Crippen molar-refractivity contribution in [3.05, 3.63) is 65.5 Å². The molecule has 1 fully saturated rings. The SMILES string of the molecule is COc1ccccc1C(=O)N1CCN(C(=O)CC(C)c2ccc(F)cc2)CC1. The van der Waals surface area contributed by atoms with Crippen molar-refractivity contribution >= 4 is 11.8 Å². The zero-order valence-electron chi connectivity index (χ0n) is 16.2. The predicted molar refractivity (Wildman–Crippen MR) is 105 cm³/mol. The second-order valence-corrected chi connectivity index (χ2v) is 7.03. The summed E-state index contributed by atoms with van der Waals surface area (Å²) in [4.78, 5) is 28.9. The predicted octanol–water partition coefficient (Wildman–Crippen LogP) is 3.31. The van der Waals surface area contributed by atoms with Gasteiger partial charge in [0.2, 0.25) is 5.91 Å². The summed E-state index contributed by atoms with van der Waals surface area (Å²) in [5.41, 5.74) is 1.48. The number of carbonyl (C=O) groups excluding carboxylic acids is 2. The van der Waals surface area contributed by atoms with Gasteiger partial charge in [-0.25, -0.2) is 4.39 Å². The van der Waals surface area contributed by atoms with Crippen LogP contribution in [0.3, 0.4) is 0 Å². The quantitative estimate of drug-likeness (QED) is 0.795. The van der Waals surface area contributed by atoms with Crippen LogP contribution in [0.4, 0.5) is 4.39 Å². The molecule has 0 radical (unpaired) electrons. The van der Waals surface area contributed by atoms with E-state index in [2.05, 4.69) is 0 Å². The van der Waals surface area contributed by atoms with E-state index in [1.54, 1.807) is 41.2 Å². The third-order valence-electron chi connectivity index (χ3n) is 5.18. The molecule has 1 saturated heterocycles. The molecule has 1 aliphatic heterocycles. The van der Waals surface area contributed by atoms with Gasteiger partial charge in [0, 0.05) is 32.6 Å². The molecule has 2 aromatic carbocycles. The molecule has 0 bridgehead atoms. The van der Waals surface area contributed by atoms with E-state index in [1.807, 2.05) is 19.1 Å². The van der Waals surface area contributed by atoms with Gasteiger partial charge in [-0.15, -0.1) is 0 Å². The second-order valence-electron chi connectivity index (χ2n) is 7.03. The Bertz CT molecular complexity index is 830. The number of carbonyl (C=O) groups is 2. The van der Waals surface area contributed by atoms with Gasteiger partial charge in [-0.2, -0.15) is 0 Å². The van der Waals surface area contributed by atoms with Gasteiger partial charge in [0.05, 0.1) is 12.7 Å². The molecule has 0 saturated carbocycles. The Balaban J connectivity index is 1.55. The number of halogens is 1. The van der Waals surface area contributed by atoms with Crippen LogP contribution in [0.25, 0.3) is 0 Å². The van der Waals surface area contributed by atoms with Gasteiger partial charge in [-0.1, -0.05) is 31.2 Å². The largest absolute Gasteiger partial charge is 0.496 e. The van der Waals surface area contributed by atoms with Crippen molar-refractivity contribution in [2.45, 2.75) is 19.3 Å². The molecule has 1 heterocycles. The standard InChI is InChI=1S/C22H25FN2O3/c1-16(17-7-9-18(23)10-8-17)15-21(26)24-11-13-25(14-12-24)22(27)19-5-3-4-6-20(19)28-2/h3-10,16H,11-15H2,1-2H3. The topological polar surface area (TPSA) is 49.9 Å². The molecule has 148 valence electrons. The van der Waals surface area contributed by atoms with Gasteiger partial charge < -0.3 is 14.5 Å². The second kappa shape index (κ2) is 8.87. The minimum atomic E-state index is -0.280. The van der Waals surface area contributed by atoms with Gasteiger partial charge in [0.15, 0.2) is 0 Å². The molecule has 0 aliphatic carbocycles. The van der Waals surface area contributed by atoms with Crippen molar-refractivity contribution in [1.82, 2.24) is 9.80 Å². The first-order valence-electron chi connectivity index (χ1n) is 9.45. The van der Waals surface area contributed by atoms with Crippen LogP contribution in [0.15, 0.2) is 48.5 Å². The number of hydrogen-bond donors (Lipinski definition) is 0. The minimum Gasteiger partial charge on any atom is -0.496 e. The summed E-state index contributed by atoms with van der Waals surface area (Å²) in [7, 11) is 1.55. The van der Waals surface area contributed by atoms with E-state index in [1.165, 1.54) is 12.1 Å². The van der Waals surface area contributed by atoms with Crippen molar-refractivity contribution in [2.75, 3.05) is 33.3 Å². The Hall–Kier alpha value is -2.89. The number of piperazine rings is 1. The molecule has 1 atom stereocenters. The lowest BCUT2D eigenvalue weighted by atomic mass is 9.97. The van der Waals surface area contributed by atoms with Crippen LogP contribution in [0.5, 0.6) is 5.75 Å². The number of methoxy groups -OCH3 is 1. The zero-order chi connectivity index (χ0) is 20.1. The first-order valence-corrected chi connectivity index (χ1v) is 9.45. The van der Waals surface area contributed by atoms with Crippen molar-refractivity contribution in [3.8, 4) is 5.75 Å². The maximum Gasteiger partial charge on any atom is 0.257 e. The highest BCUT2D eigenvalue weighted by atomic mass is 19.1. The lowest BCUT2D eigenvalue weighted by Crippen LogP contribution is -2.50. The van der Waals surface area contributed by atoms with Crippen LogP contribution in [0, 0.1) is 5.82 Å². The summed E-state index contributed by atoms with van der Waals surface area (Å²) in [6.45, 7) is 3.97. The molecule has 2 aromatic rings. The fraction of sp³-hybridized carbons (Fsp3) is 0.364. The van der Waals surface area contributed by atoms with E-state index in [9.17, 15) is 14.0 Å². The first kappa shape index (κ1) is 19.9. The van der Waals surface area contributed by atoms with Crippen molar-refractivity contribution in [3.63, 3.8) is 0 Å². The minimum absolute atomic E-state index is 0.0151. The van der Waals surface area contributed by atoms with Crippen LogP contribution in [0.2, 0.25) is 0 Å². The highest BCUT2D eigenvalue weighted by Crippen LogP contribution is 2.22. The van der Waals surface area contributed by atoms with Crippen LogP contribution in [0.1, 0.15) is 35.2 Å². The van der Waals surface area contributed by atoms with Gasteiger partial charge in [-0.3, -0.25) is 9.59 Å². The highest BCUT2D eigenvalue weighted by molar-refractivity contribution is 5.97. The van der Waals surface area contributed by atoms with E-state index in [0.29, 0.717) is 43.9 Å². The zero-order valence-corrected chi connectivity index (χ0v) is 16.2. The molecule has 2 amide bonds. The maximum absolute atomic E-state index is 13.1. The summed E-state index contributed by atoms with van der Waals surface area (Å²) in [6.07, 6.45) is 0.367. The third kappa shape index (κ3) is 4.50. The molecule has 5 nitrogen and oxygen atoms in total. The number of amides is 2. The fourth-order valence-electron chi connectivity index (χ4n) is 3.45. The number of rotatable bonds is 5. The molecule has 1 unspecified atom stereocenters. The molecular weight excluding hydrogens is 359 g/mol. The lowest BCUT2D eigenvalue weighted by Gasteiger charge is -2.35. The molecule has 3 rings (SSSR count). The first-order chi connectivity index (χ1) is 13.5. The van der Waals surface area contributed by atoms with E-state index in [-0.39, 0.29) is 23.5 Å². The molecule has 0 aromatic heterocycles. The number of hydrogen-bond acceptors (Lipinski definition) is 3. The van der Waals surface area contributed by atoms with Crippen LogP contribution >= 0.6 is 0 Å². The smallest absolute Gasteiger partial charge is 0.257 e. The highest BCUT2D eigenvalue weighted by Gasteiger charge is 2.27. The van der Waals surface area contributed by atoms with Crippen molar-refractivity contribution in [2.24, 2.45) is 0 Å².